The van der Waals surface area contributed by atoms with Crippen molar-refractivity contribution in [3.63, 3.8) is 0 Å². The summed E-state index contributed by atoms with van der Waals surface area (Å²) in [6.07, 6.45) is 4.59. The highest BCUT2D eigenvalue weighted by atomic mass is 35.5. The quantitative estimate of drug-likeness (QED) is 0.344. The summed E-state index contributed by atoms with van der Waals surface area (Å²) >= 11 is 12.7. The highest BCUT2D eigenvalue weighted by Gasteiger charge is 2.32. The van der Waals surface area contributed by atoms with Crippen molar-refractivity contribution in [1.29, 1.82) is 0 Å². The normalized spacial score (nSPS) is 15.0. The van der Waals surface area contributed by atoms with E-state index in [1.54, 1.807) is 13.2 Å². The Morgan fingerprint density at radius 3 is 2.82 bits per heavy atom. The van der Waals surface area contributed by atoms with E-state index in [0.717, 1.165) is 27.8 Å². The number of aromatic nitrogens is 1. The first kappa shape index (κ1) is 23.4. The standard InChI is InChI=1S/C24H22ClN3O3S2/c1-31-18-5-2-15(3-6-18)12-21-23(30)28(24(32)33-21)11-9-22(29)26-10-8-16-14-27-20-7-4-17(25)13-19(16)20/h2-7,12-14,27H,8-11H2,1H3,(H,26,29)/b21-12+. The summed E-state index contributed by atoms with van der Waals surface area (Å²) in [4.78, 5) is 30.3. The minimum Gasteiger partial charge on any atom is -0.497 e. The monoisotopic (exact) mass is 499 g/mol. The predicted octanol–water partition coefficient (Wildman–Crippen LogP) is 4.78. The molecule has 1 fully saturated rings. The van der Waals surface area contributed by atoms with Gasteiger partial charge in [-0.1, -0.05) is 47.7 Å². The van der Waals surface area contributed by atoms with Crippen molar-refractivity contribution >= 4 is 68.7 Å². The molecule has 2 N–H and O–H groups in total. The SMILES string of the molecule is COc1ccc(/C=C2/SC(=S)N(CCC(=O)NCCc3c[nH]c4ccc(Cl)cc34)C2=O)cc1. The van der Waals surface area contributed by atoms with E-state index in [0.29, 0.717) is 27.2 Å². The molecule has 0 aliphatic carbocycles. The number of hydrogen-bond acceptors (Lipinski definition) is 5. The molecule has 2 heterocycles. The van der Waals surface area contributed by atoms with Crippen molar-refractivity contribution in [2.24, 2.45) is 0 Å². The van der Waals surface area contributed by atoms with Crippen LogP contribution in [0.5, 0.6) is 5.75 Å². The number of ether oxygens (including phenoxy) is 1. The lowest BCUT2D eigenvalue weighted by Crippen LogP contribution is -2.34. The Morgan fingerprint density at radius 2 is 2.06 bits per heavy atom. The van der Waals surface area contributed by atoms with Gasteiger partial charge in [-0.15, -0.1) is 0 Å². The van der Waals surface area contributed by atoms with E-state index in [2.05, 4.69) is 10.3 Å². The Hall–Kier alpha value is -2.81. The lowest BCUT2D eigenvalue weighted by molar-refractivity contribution is -0.123. The maximum absolute atomic E-state index is 12.8. The van der Waals surface area contributed by atoms with Crippen molar-refractivity contribution in [3.8, 4) is 5.75 Å². The number of aromatic amines is 1. The molecule has 3 aromatic rings. The minimum absolute atomic E-state index is 0.124. The summed E-state index contributed by atoms with van der Waals surface area (Å²) in [5.41, 5.74) is 2.99. The zero-order chi connectivity index (χ0) is 23.4. The van der Waals surface area contributed by atoms with Crippen molar-refractivity contribution in [2.45, 2.75) is 12.8 Å². The molecule has 0 atom stereocenters. The summed E-state index contributed by atoms with van der Waals surface area (Å²) in [5.74, 6) is 0.449. The molecule has 0 spiro atoms. The van der Waals surface area contributed by atoms with E-state index in [1.807, 2.05) is 48.7 Å². The van der Waals surface area contributed by atoms with Gasteiger partial charge in [0.2, 0.25) is 5.91 Å². The second kappa shape index (κ2) is 10.4. The van der Waals surface area contributed by atoms with E-state index in [1.165, 1.54) is 16.7 Å². The lowest BCUT2D eigenvalue weighted by atomic mass is 10.1. The van der Waals surface area contributed by atoms with Gasteiger partial charge in [-0.2, -0.15) is 0 Å². The molecule has 0 unspecified atom stereocenters. The van der Waals surface area contributed by atoms with Crippen LogP contribution < -0.4 is 10.1 Å². The van der Waals surface area contributed by atoms with E-state index in [4.69, 9.17) is 28.6 Å². The van der Waals surface area contributed by atoms with Crippen LogP contribution in [-0.4, -0.2) is 46.2 Å². The summed E-state index contributed by atoms with van der Waals surface area (Å²) in [5, 5.41) is 4.65. The van der Waals surface area contributed by atoms with E-state index in [9.17, 15) is 9.59 Å². The minimum atomic E-state index is -0.177. The molecule has 1 saturated heterocycles. The fourth-order valence-electron chi connectivity index (χ4n) is 3.54. The number of amides is 2. The third-order valence-corrected chi connectivity index (χ3v) is 6.91. The van der Waals surface area contributed by atoms with Gasteiger partial charge in [0.05, 0.1) is 12.0 Å². The Kier molecular flexibility index (Phi) is 7.37. The van der Waals surface area contributed by atoms with Gasteiger partial charge in [0.1, 0.15) is 10.1 Å². The van der Waals surface area contributed by atoms with Crippen LogP contribution in [-0.2, 0) is 16.0 Å². The number of rotatable bonds is 8. The van der Waals surface area contributed by atoms with E-state index < -0.39 is 0 Å². The van der Waals surface area contributed by atoms with Crippen LogP contribution in [0.4, 0.5) is 0 Å². The lowest BCUT2D eigenvalue weighted by Gasteiger charge is -2.14. The Morgan fingerprint density at radius 1 is 1.27 bits per heavy atom. The molecule has 2 aromatic carbocycles. The van der Waals surface area contributed by atoms with Gasteiger partial charge in [-0.25, -0.2) is 0 Å². The molecule has 33 heavy (non-hydrogen) atoms. The van der Waals surface area contributed by atoms with Gasteiger partial charge in [0.15, 0.2) is 0 Å². The molecule has 1 aliphatic rings. The largest absolute Gasteiger partial charge is 0.497 e. The average Bonchev–Trinajstić information content (AvgIpc) is 3.32. The second-order valence-corrected chi connectivity index (χ2v) is 9.57. The Bertz CT molecular complexity index is 1240. The van der Waals surface area contributed by atoms with Gasteiger partial charge in [-0.3, -0.25) is 14.5 Å². The molecule has 2 amide bonds. The number of thiocarbonyl (C=S) groups is 1. The fourth-order valence-corrected chi connectivity index (χ4v) is 5.02. The highest BCUT2D eigenvalue weighted by Crippen LogP contribution is 2.32. The smallest absolute Gasteiger partial charge is 0.266 e. The molecular weight excluding hydrogens is 478 g/mol. The summed E-state index contributed by atoms with van der Waals surface area (Å²) < 4.78 is 5.62. The van der Waals surface area contributed by atoms with Gasteiger partial charge < -0.3 is 15.0 Å². The first-order valence-corrected chi connectivity index (χ1v) is 12.0. The van der Waals surface area contributed by atoms with E-state index >= 15 is 0 Å². The first-order chi connectivity index (χ1) is 15.9. The Balaban J connectivity index is 1.27. The van der Waals surface area contributed by atoms with Gasteiger partial charge >= 0.3 is 0 Å². The van der Waals surface area contributed by atoms with Crippen molar-refractivity contribution in [1.82, 2.24) is 15.2 Å². The molecule has 4 rings (SSSR count). The van der Waals surface area contributed by atoms with Crippen LogP contribution in [0.25, 0.3) is 17.0 Å². The second-order valence-electron chi connectivity index (χ2n) is 7.46. The molecule has 0 saturated carbocycles. The Labute approximate surface area is 206 Å². The molecule has 170 valence electrons. The number of nitrogens with zero attached hydrogens (tertiary/aromatic N) is 1. The third kappa shape index (κ3) is 5.58. The number of carbonyl (C=O) groups excluding carboxylic acids is 2. The molecule has 9 heteroatoms. The predicted molar refractivity (Wildman–Crippen MR) is 138 cm³/mol. The van der Waals surface area contributed by atoms with Gasteiger partial charge in [-0.05, 0) is 54.0 Å². The van der Waals surface area contributed by atoms with Crippen LogP contribution in [0.2, 0.25) is 5.02 Å². The molecular formula is C24H22ClN3O3S2. The number of thioether (sulfide) groups is 1. The molecule has 1 aromatic heterocycles. The van der Waals surface area contributed by atoms with Gasteiger partial charge in [0, 0.05) is 41.6 Å². The van der Waals surface area contributed by atoms with Crippen LogP contribution >= 0.6 is 35.6 Å². The number of H-pyrrole nitrogens is 1. The number of fused-ring (bicyclic) bond motifs is 1. The third-order valence-electron chi connectivity index (χ3n) is 5.30. The average molecular weight is 500 g/mol. The summed E-state index contributed by atoms with van der Waals surface area (Å²) in [6.45, 7) is 0.743. The first-order valence-electron chi connectivity index (χ1n) is 10.4. The zero-order valence-corrected chi connectivity index (χ0v) is 20.3. The molecule has 0 radical (unpaired) electrons. The van der Waals surface area contributed by atoms with Crippen molar-refractivity contribution in [2.75, 3.05) is 20.2 Å². The number of halogens is 1. The fraction of sp³-hybridized carbons (Fsp3) is 0.208. The summed E-state index contributed by atoms with van der Waals surface area (Å²) in [6, 6.07) is 13.1. The maximum atomic E-state index is 12.8. The summed E-state index contributed by atoms with van der Waals surface area (Å²) in [7, 11) is 1.61. The molecule has 6 nitrogen and oxygen atoms in total. The number of methoxy groups -OCH3 is 1. The van der Waals surface area contributed by atoms with Crippen LogP contribution in [0.3, 0.4) is 0 Å². The highest BCUT2D eigenvalue weighted by molar-refractivity contribution is 8.26. The van der Waals surface area contributed by atoms with Crippen molar-refractivity contribution < 1.29 is 14.3 Å². The topological polar surface area (TPSA) is 74.4 Å². The van der Waals surface area contributed by atoms with Crippen LogP contribution in [0.1, 0.15) is 17.5 Å². The van der Waals surface area contributed by atoms with Gasteiger partial charge in [0.25, 0.3) is 5.91 Å². The molecule has 1 aliphatic heterocycles. The number of carbonyl (C=O) groups is 2. The number of hydrogen-bond donors (Lipinski definition) is 2. The molecule has 0 bridgehead atoms. The maximum Gasteiger partial charge on any atom is 0.266 e. The number of benzene rings is 2. The van der Waals surface area contributed by atoms with E-state index in [-0.39, 0.29) is 24.8 Å². The van der Waals surface area contributed by atoms with Crippen LogP contribution in [0, 0.1) is 0 Å². The zero-order valence-electron chi connectivity index (χ0n) is 17.9. The van der Waals surface area contributed by atoms with Crippen LogP contribution in [0.15, 0.2) is 53.6 Å². The van der Waals surface area contributed by atoms with Crippen molar-refractivity contribution in [3.05, 3.63) is 69.7 Å². The number of nitrogens with one attached hydrogen (secondary N) is 2.